The van der Waals surface area contributed by atoms with Gasteiger partial charge in [0.05, 0.1) is 10.4 Å². The molecule has 0 saturated heterocycles. The number of aromatic nitrogens is 2. The van der Waals surface area contributed by atoms with Crippen LogP contribution in [0.2, 0.25) is 0 Å². The van der Waals surface area contributed by atoms with E-state index in [1.54, 1.807) is 11.3 Å². The highest BCUT2D eigenvalue weighted by Crippen LogP contribution is 2.38. The lowest BCUT2D eigenvalue weighted by Gasteiger charge is -2.02. The first kappa shape index (κ1) is 18.3. The number of hydrogen-bond donors (Lipinski definition) is 0. The quantitative estimate of drug-likeness (QED) is 0.286. The van der Waals surface area contributed by atoms with Gasteiger partial charge in [0.2, 0.25) is 5.71 Å². The predicted octanol–water partition coefficient (Wildman–Crippen LogP) is 7.85. The van der Waals surface area contributed by atoms with Gasteiger partial charge in [-0.15, -0.1) is 11.3 Å². The van der Waals surface area contributed by atoms with Gasteiger partial charge in [0, 0.05) is 33.1 Å². The fraction of sp³-hybridized carbons (Fsp3) is 0.111. The maximum absolute atomic E-state index is 6.18. The van der Waals surface area contributed by atoms with Crippen molar-refractivity contribution in [2.45, 2.75) is 20.8 Å². The number of para-hydroxylation sites is 1. The third-order valence-electron chi connectivity index (χ3n) is 5.69. The van der Waals surface area contributed by atoms with Crippen molar-refractivity contribution < 1.29 is 4.42 Å². The van der Waals surface area contributed by atoms with E-state index >= 15 is 0 Å². The van der Waals surface area contributed by atoms with E-state index in [0.717, 1.165) is 33.3 Å². The van der Waals surface area contributed by atoms with Gasteiger partial charge in [0.15, 0.2) is 0 Å². The second-order valence-electron chi connectivity index (χ2n) is 8.18. The van der Waals surface area contributed by atoms with Gasteiger partial charge < -0.3 is 4.42 Å². The molecule has 0 radical (unpaired) electrons. The van der Waals surface area contributed by atoms with Crippen LogP contribution in [0.3, 0.4) is 0 Å². The largest absolute Gasteiger partial charge is 0.437 e. The van der Waals surface area contributed by atoms with Crippen molar-refractivity contribution in [1.29, 1.82) is 0 Å². The SMILES string of the molecule is Cc1cc(C)cc(-c2cc3cc(-c4cccc5c4oc4nc(C)ccc45)ncc3s2)c1. The molecular weight excluding hydrogens is 400 g/mol. The molecule has 0 fully saturated rings. The molecule has 0 spiro atoms. The summed E-state index contributed by atoms with van der Waals surface area (Å²) in [5.41, 5.74) is 8.21. The van der Waals surface area contributed by atoms with E-state index in [4.69, 9.17) is 9.40 Å². The van der Waals surface area contributed by atoms with Crippen LogP contribution in [0.4, 0.5) is 0 Å². The highest BCUT2D eigenvalue weighted by Gasteiger charge is 2.15. The molecule has 31 heavy (non-hydrogen) atoms. The molecule has 0 aliphatic carbocycles. The Morgan fingerprint density at radius 2 is 1.68 bits per heavy atom. The zero-order chi connectivity index (χ0) is 21.1. The summed E-state index contributed by atoms with van der Waals surface area (Å²) in [4.78, 5) is 10.6. The number of nitrogens with zero attached hydrogens (tertiary/aromatic N) is 2. The van der Waals surface area contributed by atoms with E-state index in [1.807, 2.05) is 19.2 Å². The summed E-state index contributed by atoms with van der Waals surface area (Å²) in [7, 11) is 0. The Bertz CT molecular complexity index is 1600. The Hall–Kier alpha value is -3.50. The topological polar surface area (TPSA) is 38.9 Å². The molecule has 0 unspecified atom stereocenters. The van der Waals surface area contributed by atoms with Crippen LogP contribution in [0, 0.1) is 20.8 Å². The molecule has 6 aromatic rings. The molecule has 150 valence electrons. The Morgan fingerprint density at radius 3 is 2.52 bits per heavy atom. The van der Waals surface area contributed by atoms with E-state index < -0.39 is 0 Å². The Labute approximate surface area is 184 Å². The molecule has 0 bridgehead atoms. The third-order valence-corrected chi connectivity index (χ3v) is 6.82. The van der Waals surface area contributed by atoms with Gasteiger partial charge >= 0.3 is 0 Å². The third kappa shape index (κ3) is 3.03. The van der Waals surface area contributed by atoms with Crippen molar-refractivity contribution in [3.63, 3.8) is 0 Å². The van der Waals surface area contributed by atoms with Gasteiger partial charge in [-0.2, -0.15) is 0 Å². The molecule has 4 heterocycles. The molecule has 4 heteroatoms. The summed E-state index contributed by atoms with van der Waals surface area (Å²) in [6.45, 7) is 6.27. The highest BCUT2D eigenvalue weighted by molar-refractivity contribution is 7.22. The number of furan rings is 1. The van der Waals surface area contributed by atoms with E-state index in [1.165, 1.54) is 31.7 Å². The van der Waals surface area contributed by atoms with Crippen molar-refractivity contribution in [3.05, 3.63) is 83.7 Å². The highest BCUT2D eigenvalue weighted by atomic mass is 32.1. The number of fused-ring (bicyclic) bond motifs is 4. The van der Waals surface area contributed by atoms with Gasteiger partial charge in [0.1, 0.15) is 5.58 Å². The summed E-state index contributed by atoms with van der Waals surface area (Å²) >= 11 is 1.78. The molecule has 0 aliphatic rings. The Balaban J connectivity index is 1.52. The smallest absolute Gasteiger partial charge is 0.227 e. The molecule has 0 saturated carbocycles. The fourth-order valence-electron chi connectivity index (χ4n) is 4.33. The number of aryl methyl sites for hydroxylation is 3. The monoisotopic (exact) mass is 420 g/mol. The average Bonchev–Trinajstić information content (AvgIpc) is 3.33. The summed E-state index contributed by atoms with van der Waals surface area (Å²) < 4.78 is 7.37. The number of thiophene rings is 1. The lowest BCUT2D eigenvalue weighted by molar-refractivity contribution is 0.653. The molecule has 0 amide bonds. The van der Waals surface area contributed by atoms with Crippen molar-refractivity contribution in [1.82, 2.24) is 9.97 Å². The van der Waals surface area contributed by atoms with Gasteiger partial charge in [-0.1, -0.05) is 41.5 Å². The molecule has 4 aromatic heterocycles. The fourth-order valence-corrected chi connectivity index (χ4v) is 5.32. The van der Waals surface area contributed by atoms with E-state index in [0.29, 0.717) is 5.71 Å². The first-order valence-electron chi connectivity index (χ1n) is 10.3. The summed E-state index contributed by atoms with van der Waals surface area (Å²) in [6, 6.07) is 21.5. The molecule has 2 aromatic carbocycles. The molecule has 0 atom stereocenters. The average molecular weight is 421 g/mol. The van der Waals surface area contributed by atoms with Gasteiger partial charge in [-0.3, -0.25) is 4.98 Å². The van der Waals surface area contributed by atoms with E-state index in [9.17, 15) is 0 Å². The van der Waals surface area contributed by atoms with Gasteiger partial charge in [-0.25, -0.2) is 4.98 Å². The van der Waals surface area contributed by atoms with E-state index in [-0.39, 0.29) is 0 Å². The normalized spacial score (nSPS) is 11.7. The summed E-state index contributed by atoms with van der Waals surface area (Å²) in [5, 5.41) is 3.31. The zero-order valence-electron chi connectivity index (χ0n) is 17.6. The standard InChI is InChI=1S/C27H20N2OS/c1-15-9-16(2)11-18(10-15)24-13-19-12-23(28-14-25(19)31-24)22-6-4-5-20-21-8-7-17(3)29-27(21)30-26(20)22/h4-14H,1-3H3. The molecular formula is C27H20N2OS. The van der Waals surface area contributed by atoms with Gasteiger partial charge in [0.25, 0.3) is 0 Å². The lowest BCUT2D eigenvalue weighted by atomic mass is 10.0. The van der Waals surface area contributed by atoms with Crippen LogP contribution in [0.15, 0.2) is 71.3 Å². The molecule has 0 N–H and O–H groups in total. The number of rotatable bonds is 2. The van der Waals surface area contributed by atoms with Crippen LogP contribution in [0.25, 0.3) is 53.9 Å². The van der Waals surface area contributed by atoms with Crippen LogP contribution in [0.5, 0.6) is 0 Å². The predicted molar refractivity (Wildman–Crippen MR) is 130 cm³/mol. The Kier molecular flexibility index (Phi) is 3.99. The second-order valence-corrected chi connectivity index (χ2v) is 9.27. The molecule has 3 nitrogen and oxygen atoms in total. The van der Waals surface area contributed by atoms with Crippen LogP contribution >= 0.6 is 11.3 Å². The maximum Gasteiger partial charge on any atom is 0.227 e. The van der Waals surface area contributed by atoms with Crippen molar-refractivity contribution >= 4 is 43.5 Å². The number of hydrogen-bond acceptors (Lipinski definition) is 4. The minimum atomic E-state index is 0.677. The minimum Gasteiger partial charge on any atom is -0.437 e. The van der Waals surface area contributed by atoms with Crippen molar-refractivity contribution in [2.24, 2.45) is 0 Å². The molecule has 0 aliphatic heterocycles. The minimum absolute atomic E-state index is 0.677. The van der Waals surface area contributed by atoms with Crippen molar-refractivity contribution in [3.8, 4) is 21.7 Å². The summed E-state index contributed by atoms with van der Waals surface area (Å²) in [6.07, 6.45) is 1.98. The maximum atomic E-state index is 6.18. The zero-order valence-corrected chi connectivity index (χ0v) is 18.4. The van der Waals surface area contributed by atoms with Crippen LogP contribution in [-0.4, -0.2) is 9.97 Å². The number of benzene rings is 2. The van der Waals surface area contributed by atoms with Crippen LogP contribution < -0.4 is 0 Å². The molecule has 6 rings (SSSR count). The van der Waals surface area contributed by atoms with E-state index in [2.05, 4.69) is 73.4 Å². The Morgan fingerprint density at radius 1 is 0.839 bits per heavy atom. The van der Waals surface area contributed by atoms with Crippen LogP contribution in [0.1, 0.15) is 16.8 Å². The first-order chi connectivity index (χ1) is 15.0. The lowest BCUT2D eigenvalue weighted by Crippen LogP contribution is -1.83. The van der Waals surface area contributed by atoms with Gasteiger partial charge in [-0.05, 0) is 62.1 Å². The number of pyridine rings is 2. The van der Waals surface area contributed by atoms with Crippen molar-refractivity contribution in [2.75, 3.05) is 0 Å². The summed E-state index contributed by atoms with van der Waals surface area (Å²) in [5.74, 6) is 0. The van der Waals surface area contributed by atoms with Crippen LogP contribution in [-0.2, 0) is 0 Å². The second kappa shape index (κ2) is 6.76. The first-order valence-corrected chi connectivity index (χ1v) is 11.1.